The second-order valence-electron chi connectivity index (χ2n) is 6.83. The van der Waals surface area contributed by atoms with Crippen molar-refractivity contribution in [3.05, 3.63) is 24.4 Å². The van der Waals surface area contributed by atoms with E-state index in [0.29, 0.717) is 5.92 Å². The highest BCUT2D eigenvalue weighted by Crippen LogP contribution is 2.38. The smallest absolute Gasteiger partial charge is 0.0388 e. The zero-order valence-corrected chi connectivity index (χ0v) is 13.8. The summed E-state index contributed by atoms with van der Waals surface area (Å²) >= 11 is 0. The Morgan fingerprint density at radius 2 is 1.72 bits per heavy atom. The van der Waals surface area contributed by atoms with Crippen LogP contribution in [0.5, 0.6) is 0 Å². The SMILES string of the molecule is C=CCC(C)/C(=C/CC)N(C)C(C)(C)C(C)(C)C. The second-order valence-corrected chi connectivity index (χ2v) is 6.83. The molecule has 0 heterocycles. The van der Waals surface area contributed by atoms with Crippen molar-refractivity contribution in [3.63, 3.8) is 0 Å². The normalized spacial score (nSPS) is 15.4. The average Bonchev–Trinajstić information content (AvgIpc) is 2.23. The van der Waals surface area contributed by atoms with Crippen molar-refractivity contribution < 1.29 is 0 Å². The second kappa shape index (κ2) is 6.45. The van der Waals surface area contributed by atoms with Gasteiger partial charge >= 0.3 is 0 Å². The predicted octanol–water partition coefficient (Wildman–Crippen LogP) is 5.25. The van der Waals surface area contributed by atoms with Crippen LogP contribution in [0.4, 0.5) is 0 Å². The Bertz CT molecular complexity index is 291. The molecule has 18 heavy (non-hydrogen) atoms. The summed E-state index contributed by atoms with van der Waals surface area (Å²) in [7, 11) is 2.23. The van der Waals surface area contributed by atoms with Gasteiger partial charge in [0.1, 0.15) is 0 Å². The fourth-order valence-electron chi connectivity index (χ4n) is 2.07. The maximum Gasteiger partial charge on any atom is 0.0388 e. The van der Waals surface area contributed by atoms with E-state index in [1.165, 1.54) is 5.70 Å². The third-order valence-corrected chi connectivity index (χ3v) is 4.50. The Kier molecular flexibility index (Phi) is 6.19. The van der Waals surface area contributed by atoms with Crippen LogP contribution in [0.25, 0.3) is 0 Å². The first-order valence-corrected chi connectivity index (χ1v) is 7.14. The highest BCUT2D eigenvalue weighted by molar-refractivity contribution is 5.11. The van der Waals surface area contributed by atoms with Crippen molar-refractivity contribution in [1.29, 1.82) is 0 Å². The van der Waals surface area contributed by atoms with Crippen LogP contribution < -0.4 is 0 Å². The van der Waals surface area contributed by atoms with Gasteiger partial charge in [0, 0.05) is 18.3 Å². The number of rotatable bonds is 6. The molecule has 0 aromatic heterocycles. The molecule has 0 spiro atoms. The maximum atomic E-state index is 3.87. The molecule has 0 saturated carbocycles. The summed E-state index contributed by atoms with van der Waals surface area (Å²) in [6.45, 7) is 20.0. The molecule has 0 aromatic rings. The van der Waals surface area contributed by atoms with E-state index in [0.717, 1.165) is 12.8 Å². The van der Waals surface area contributed by atoms with E-state index in [-0.39, 0.29) is 11.0 Å². The van der Waals surface area contributed by atoms with Gasteiger partial charge in [-0.25, -0.2) is 0 Å². The van der Waals surface area contributed by atoms with Crippen LogP contribution in [0.15, 0.2) is 24.4 Å². The molecule has 1 heteroatoms. The minimum absolute atomic E-state index is 0.128. The monoisotopic (exact) mass is 251 g/mol. The molecule has 0 aliphatic heterocycles. The molecular formula is C17H33N. The third-order valence-electron chi connectivity index (χ3n) is 4.50. The molecule has 0 N–H and O–H groups in total. The quantitative estimate of drug-likeness (QED) is 0.583. The van der Waals surface area contributed by atoms with Gasteiger partial charge in [-0.2, -0.15) is 0 Å². The summed E-state index contributed by atoms with van der Waals surface area (Å²) in [5, 5.41) is 0. The molecule has 1 nitrogen and oxygen atoms in total. The Morgan fingerprint density at radius 3 is 2.06 bits per heavy atom. The first kappa shape index (κ1) is 17.3. The highest BCUT2D eigenvalue weighted by Gasteiger charge is 2.37. The van der Waals surface area contributed by atoms with E-state index in [2.05, 4.69) is 73.1 Å². The van der Waals surface area contributed by atoms with Crippen LogP contribution in [0.3, 0.4) is 0 Å². The number of nitrogens with zero attached hydrogens (tertiary/aromatic N) is 1. The van der Waals surface area contributed by atoms with Gasteiger partial charge < -0.3 is 4.90 Å². The third kappa shape index (κ3) is 3.90. The molecule has 0 amide bonds. The first-order chi connectivity index (χ1) is 8.09. The summed E-state index contributed by atoms with van der Waals surface area (Å²) in [6, 6.07) is 0. The van der Waals surface area contributed by atoms with Gasteiger partial charge in [0.25, 0.3) is 0 Å². The maximum absolute atomic E-state index is 3.87. The van der Waals surface area contributed by atoms with Crippen LogP contribution in [-0.2, 0) is 0 Å². The lowest BCUT2D eigenvalue weighted by Crippen LogP contribution is -2.51. The largest absolute Gasteiger partial charge is 0.372 e. The zero-order valence-electron chi connectivity index (χ0n) is 13.8. The van der Waals surface area contributed by atoms with Crippen LogP contribution in [0.1, 0.15) is 61.3 Å². The van der Waals surface area contributed by atoms with Crippen LogP contribution in [-0.4, -0.2) is 17.5 Å². The van der Waals surface area contributed by atoms with Crippen molar-refractivity contribution in [2.75, 3.05) is 7.05 Å². The van der Waals surface area contributed by atoms with E-state index in [9.17, 15) is 0 Å². The fourth-order valence-corrected chi connectivity index (χ4v) is 2.07. The molecule has 0 aromatic carbocycles. The predicted molar refractivity (Wildman–Crippen MR) is 83.6 cm³/mol. The molecule has 0 aliphatic rings. The molecule has 0 rings (SSSR count). The van der Waals surface area contributed by atoms with E-state index in [4.69, 9.17) is 0 Å². The molecule has 1 unspecified atom stereocenters. The van der Waals surface area contributed by atoms with E-state index in [1.807, 2.05) is 6.08 Å². The summed E-state index contributed by atoms with van der Waals surface area (Å²) in [4.78, 5) is 2.46. The van der Waals surface area contributed by atoms with Crippen molar-refractivity contribution >= 4 is 0 Å². The molecular weight excluding hydrogens is 218 g/mol. The molecule has 0 fully saturated rings. The minimum Gasteiger partial charge on any atom is -0.372 e. The van der Waals surface area contributed by atoms with Gasteiger partial charge in [-0.15, -0.1) is 6.58 Å². The lowest BCUT2D eigenvalue weighted by molar-refractivity contribution is 0.0624. The fraction of sp³-hybridized carbons (Fsp3) is 0.765. The van der Waals surface area contributed by atoms with Crippen molar-refractivity contribution in [1.82, 2.24) is 4.90 Å². The van der Waals surface area contributed by atoms with Gasteiger partial charge in [-0.3, -0.25) is 0 Å². The molecule has 0 bridgehead atoms. The van der Waals surface area contributed by atoms with E-state index >= 15 is 0 Å². The van der Waals surface area contributed by atoms with Gasteiger partial charge in [0.05, 0.1) is 0 Å². The standard InChI is InChI=1S/C17H33N/c1-10-12-14(3)15(13-11-2)18(9)17(7,8)16(4,5)6/h10,13-14H,1,11-12H2,2-9H3/b15-13-. The number of hydrogen-bond acceptors (Lipinski definition) is 1. The Hall–Kier alpha value is -0.720. The van der Waals surface area contributed by atoms with Gasteiger partial charge in [-0.1, -0.05) is 46.8 Å². The van der Waals surface area contributed by atoms with Crippen molar-refractivity contribution in [2.24, 2.45) is 11.3 Å². The summed E-state index contributed by atoms with van der Waals surface area (Å²) in [6.07, 6.45) is 6.51. The number of allylic oxidation sites excluding steroid dienone is 3. The minimum atomic E-state index is 0.128. The van der Waals surface area contributed by atoms with Gasteiger partial charge in [0.15, 0.2) is 0 Å². The first-order valence-electron chi connectivity index (χ1n) is 7.14. The highest BCUT2D eigenvalue weighted by atomic mass is 15.2. The summed E-state index contributed by atoms with van der Waals surface area (Å²) in [5.41, 5.74) is 1.81. The topological polar surface area (TPSA) is 3.24 Å². The molecule has 0 saturated heterocycles. The lowest BCUT2D eigenvalue weighted by atomic mass is 9.74. The Morgan fingerprint density at radius 1 is 1.22 bits per heavy atom. The van der Waals surface area contributed by atoms with E-state index < -0.39 is 0 Å². The summed E-state index contributed by atoms with van der Waals surface area (Å²) < 4.78 is 0. The molecule has 1 atom stereocenters. The molecule has 106 valence electrons. The van der Waals surface area contributed by atoms with E-state index in [1.54, 1.807) is 0 Å². The zero-order chi connectivity index (χ0) is 14.6. The molecule has 0 aliphatic carbocycles. The summed E-state index contributed by atoms with van der Waals surface area (Å²) in [5.74, 6) is 0.536. The van der Waals surface area contributed by atoms with Gasteiger partial charge in [-0.05, 0) is 38.0 Å². The van der Waals surface area contributed by atoms with Crippen LogP contribution >= 0.6 is 0 Å². The van der Waals surface area contributed by atoms with Crippen molar-refractivity contribution in [2.45, 2.75) is 66.8 Å². The lowest BCUT2D eigenvalue weighted by Gasteiger charge is -2.49. The molecule has 0 radical (unpaired) electrons. The number of hydrogen-bond donors (Lipinski definition) is 0. The Balaban J connectivity index is 5.28. The Labute approximate surface area is 115 Å². The average molecular weight is 251 g/mol. The van der Waals surface area contributed by atoms with Gasteiger partial charge in [0.2, 0.25) is 0 Å². The van der Waals surface area contributed by atoms with Crippen LogP contribution in [0.2, 0.25) is 0 Å². The van der Waals surface area contributed by atoms with Crippen LogP contribution in [0, 0.1) is 11.3 Å². The van der Waals surface area contributed by atoms with Crippen molar-refractivity contribution in [3.8, 4) is 0 Å².